The van der Waals surface area contributed by atoms with Crippen molar-refractivity contribution in [3.05, 3.63) is 60.2 Å². The Morgan fingerprint density at radius 3 is 2.78 bits per heavy atom. The van der Waals surface area contributed by atoms with Crippen LogP contribution in [0.3, 0.4) is 0 Å². The molecule has 0 amide bonds. The largest absolute Gasteiger partial charge is 0.507 e. The summed E-state index contributed by atoms with van der Waals surface area (Å²) < 4.78 is 11.0. The molecule has 5 heteroatoms. The van der Waals surface area contributed by atoms with Gasteiger partial charge in [-0.05, 0) is 53.6 Å². The highest BCUT2D eigenvalue weighted by molar-refractivity contribution is 5.97. The Morgan fingerprint density at radius 1 is 1.11 bits per heavy atom. The zero-order valence-corrected chi connectivity index (χ0v) is 14.9. The average Bonchev–Trinajstić information content (AvgIpc) is 3.11. The van der Waals surface area contributed by atoms with Gasteiger partial charge in [-0.1, -0.05) is 31.5 Å². The van der Waals surface area contributed by atoms with Crippen LogP contribution in [0, 0.1) is 0 Å². The van der Waals surface area contributed by atoms with Crippen LogP contribution in [0.5, 0.6) is 5.75 Å². The maximum Gasteiger partial charge on any atom is 0.338 e. The maximum absolute atomic E-state index is 12.2. The monoisotopic (exact) mass is 361 g/mol. The number of carbonyl (C=O) groups is 1. The number of aromatic nitrogens is 1. The first-order valence-electron chi connectivity index (χ1n) is 8.95. The van der Waals surface area contributed by atoms with Gasteiger partial charge in [0.15, 0.2) is 5.58 Å². The third kappa shape index (κ3) is 3.36. The van der Waals surface area contributed by atoms with Gasteiger partial charge in [-0.15, -0.1) is 0 Å². The van der Waals surface area contributed by atoms with Crippen LogP contribution in [0.25, 0.3) is 33.3 Å². The second-order valence-corrected chi connectivity index (χ2v) is 6.41. The molecule has 4 aromatic rings. The zero-order chi connectivity index (χ0) is 18.8. The standard InChI is InChI=1S/C22H19NO4/c1-2-3-10-26-22(25)15-9-8-14-13-19(24)17(12-16(14)11-15)21-23-18-6-4-5-7-20(18)27-21/h4-9,11-13,24H,2-3,10H2,1H3. The summed E-state index contributed by atoms with van der Waals surface area (Å²) in [4.78, 5) is 16.6. The molecule has 1 N–H and O–H groups in total. The molecule has 0 aliphatic rings. The Balaban J connectivity index is 1.73. The quantitative estimate of drug-likeness (QED) is 0.385. The molecule has 0 spiro atoms. The first-order valence-corrected chi connectivity index (χ1v) is 8.95. The van der Waals surface area contributed by atoms with E-state index in [2.05, 4.69) is 4.98 Å². The van der Waals surface area contributed by atoms with Crippen molar-refractivity contribution in [3.8, 4) is 17.2 Å². The molecule has 0 radical (unpaired) electrons. The minimum absolute atomic E-state index is 0.0762. The molecule has 0 fully saturated rings. The lowest BCUT2D eigenvalue weighted by molar-refractivity contribution is 0.0500. The van der Waals surface area contributed by atoms with Gasteiger partial charge >= 0.3 is 5.97 Å². The Hall–Kier alpha value is -3.34. The molecule has 4 rings (SSSR count). The maximum atomic E-state index is 12.2. The van der Waals surface area contributed by atoms with Gasteiger partial charge in [0.05, 0.1) is 17.7 Å². The lowest BCUT2D eigenvalue weighted by Gasteiger charge is -2.07. The average molecular weight is 361 g/mol. The predicted octanol–water partition coefficient (Wildman–Crippen LogP) is 5.31. The molecule has 0 saturated carbocycles. The van der Waals surface area contributed by atoms with Crippen molar-refractivity contribution < 1.29 is 19.1 Å². The molecule has 136 valence electrons. The van der Waals surface area contributed by atoms with Crippen molar-refractivity contribution in [3.63, 3.8) is 0 Å². The predicted molar refractivity (Wildman–Crippen MR) is 104 cm³/mol. The molecule has 0 aliphatic carbocycles. The Bertz CT molecular complexity index is 1100. The summed E-state index contributed by atoms with van der Waals surface area (Å²) in [5.74, 6) is 0.0701. The summed E-state index contributed by atoms with van der Waals surface area (Å²) in [6, 6.07) is 16.1. The van der Waals surface area contributed by atoms with E-state index in [1.807, 2.05) is 31.2 Å². The van der Waals surface area contributed by atoms with E-state index in [0.29, 0.717) is 29.2 Å². The summed E-state index contributed by atoms with van der Waals surface area (Å²) in [6.07, 6.45) is 1.81. The number of benzene rings is 3. The van der Waals surface area contributed by atoms with Crippen molar-refractivity contribution in [1.82, 2.24) is 4.98 Å². The number of hydrogen-bond acceptors (Lipinski definition) is 5. The smallest absolute Gasteiger partial charge is 0.338 e. The molecule has 1 heterocycles. The highest BCUT2D eigenvalue weighted by Gasteiger charge is 2.15. The SMILES string of the molecule is CCCCOC(=O)c1ccc2cc(O)c(-c3nc4ccccc4o3)cc2c1. The molecule has 1 aromatic heterocycles. The van der Waals surface area contributed by atoms with Gasteiger partial charge in [0.2, 0.25) is 5.89 Å². The number of phenols is 1. The molecule has 3 aromatic carbocycles. The van der Waals surface area contributed by atoms with Gasteiger partial charge in [-0.3, -0.25) is 0 Å². The van der Waals surface area contributed by atoms with Crippen molar-refractivity contribution in [1.29, 1.82) is 0 Å². The molecule has 5 nitrogen and oxygen atoms in total. The van der Waals surface area contributed by atoms with Crippen LogP contribution in [0.2, 0.25) is 0 Å². The number of fused-ring (bicyclic) bond motifs is 2. The van der Waals surface area contributed by atoms with E-state index in [9.17, 15) is 9.90 Å². The lowest BCUT2D eigenvalue weighted by atomic mass is 10.0. The molecule has 0 atom stereocenters. The van der Waals surface area contributed by atoms with E-state index in [-0.39, 0.29) is 11.7 Å². The van der Waals surface area contributed by atoms with Crippen molar-refractivity contribution in [2.45, 2.75) is 19.8 Å². The van der Waals surface area contributed by atoms with E-state index in [0.717, 1.165) is 29.1 Å². The van der Waals surface area contributed by atoms with Gasteiger partial charge in [-0.2, -0.15) is 0 Å². The van der Waals surface area contributed by atoms with Crippen LogP contribution in [-0.2, 0) is 4.74 Å². The van der Waals surface area contributed by atoms with Crippen LogP contribution < -0.4 is 0 Å². The van der Waals surface area contributed by atoms with Gasteiger partial charge in [0.1, 0.15) is 11.3 Å². The number of para-hydroxylation sites is 2. The third-order valence-corrected chi connectivity index (χ3v) is 4.45. The lowest BCUT2D eigenvalue weighted by Crippen LogP contribution is -2.06. The minimum Gasteiger partial charge on any atom is -0.507 e. The fourth-order valence-electron chi connectivity index (χ4n) is 2.96. The number of unbranched alkanes of at least 4 members (excludes halogenated alkanes) is 1. The summed E-state index contributed by atoms with van der Waals surface area (Å²) in [5, 5.41) is 12.0. The summed E-state index contributed by atoms with van der Waals surface area (Å²) in [6.45, 7) is 2.46. The summed E-state index contributed by atoms with van der Waals surface area (Å²) in [5.41, 5.74) is 2.34. The Labute approximate surface area is 156 Å². The number of hydrogen-bond donors (Lipinski definition) is 1. The van der Waals surface area contributed by atoms with Crippen LogP contribution >= 0.6 is 0 Å². The van der Waals surface area contributed by atoms with Crippen molar-refractivity contribution in [2.24, 2.45) is 0 Å². The topological polar surface area (TPSA) is 72.6 Å². The molecule has 27 heavy (non-hydrogen) atoms. The number of oxazole rings is 1. The minimum atomic E-state index is -0.346. The van der Waals surface area contributed by atoms with Gasteiger partial charge in [0, 0.05) is 0 Å². The van der Waals surface area contributed by atoms with Gasteiger partial charge in [-0.25, -0.2) is 9.78 Å². The third-order valence-electron chi connectivity index (χ3n) is 4.45. The first-order chi connectivity index (χ1) is 13.2. The van der Waals surface area contributed by atoms with Crippen LogP contribution in [0.4, 0.5) is 0 Å². The number of rotatable bonds is 5. The Morgan fingerprint density at radius 2 is 1.96 bits per heavy atom. The van der Waals surface area contributed by atoms with Crippen LogP contribution in [0.15, 0.2) is 59.0 Å². The van der Waals surface area contributed by atoms with Crippen molar-refractivity contribution in [2.75, 3.05) is 6.61 Å². The van der Waals surface area contributed by atoms with Gasteiger partial charge < -0.3 is 14.3 Å². The van der Waals surface area contributed by atoms with E-state index >= 15 is 0 Å². The molecule has 0 bridgehead atoms. The van der Waals surface area contributed by atoms with Crippen LogP contribution in [0.1, 0.15) is 30.1 Å². The van der Waals surface area contributed by atoms with Crippen molar-refractivity contribution >= 4 is 27.8 Å². The number of carbonyl (C=O) groups excluding carboxylic acids is 1. The first kappa shape index (κ1) is 17.1. The number of esters is 1. The zero-order valence-electron chi connectivity index (χ0n) is 14.9. The van der Waals surface area contributed by atoms with Crippen LogP contribution in [-0.4, -0.2) is 22.7 Å². The van der Waals surface area contributed by atoms with E-state index in [1.54, 1.807) is 30.3 Å². The number of phenolic OH excluding ortho intramolecular Hbond substituents is 1. The normalized spacial score (nSPS) is 11.1. The number of aromatic hydroxyl groups is 1. The van der Waals surface area contributed by atoms with E-state index < -0.39 is 0 Å². The molecule has 0 aliphatic heterocycles. The highest BCUT2D eigenvalue weighted by atomic mass is 16.5. The molecule has 0 saturated heterocycles. The molecule has 0 unspecified atom stereocenters. The highest BCUT2D eigenvalue weighted by Crippen LogP contribution is 2.34. The number of nitrogens with zero attached hydrogens (tertiary/aromatic N) is 1. The number of ether oxygens (including phenoxy) is 1. The van der Waals surface area contributed by atoms with E-state index in [4.69, 9.17) is 9.15 Å². The molecular weight excluding hydrogens is 342 g/mol. The summed E-state index contributed by atoms with van der Waals surface area (Å²) >= 11 is 0. The molecular formula is C22H19NO4. The fraction of sp³-hybridized carbons (Fsp3) is 0.182. The van der Waals surface area contributed by atoms with Gasteiger partial charge in [0.25, 0.3) is 0 Å². The second kappa shape index (κ2) is 7.11. The second-order valence-electron chi connectivity index (χ2n) is 6.41. The fourth-order valence-corrected chi connectivity index (χ4v) is 2.96. The summed E-state index contributed by atoms with van der Waals surface area (Å²) in [7, 11) is 0. The Kier molecular flexibility index (Phi) is 4.50. The van der Waals surface area contributed by atoms with E-state index in [1.165, 1.54) is 0 Å².